The summed E-state index contributed by atoms with van der Waals surface area (Å²) in [5, 5.41) is 0.884. The number of thioether (sulfide) groups is 1. The fraction of sp³-hybridized carbons (Fsp3) is 0.630. The third-order valence-corrected chi connectivity index (χ3v) is 6.52. The van der Waals surface area contributed by atoms with Gasteiger partial charge in [0.1, 0.15) is 5.75 Å². The van der Waals surface area contributed by atoms with E-state index in [4.69, 9.17) is 4.74 Å². The first-order valence-corrected chi connectivity index (χ1v) is 13.5. The topological polar surface area (TPSA) is 35.0 Å². The van der Waals surface area contributed by atoms with E-state index in [1.807, 2.05) is 24.5 Å². The van der Waals surface area contributed by atoms with Gasteiger partial charge in [0.05, 0.1) is 6.61 Å². The molecule has 31 heavy (non-hydrogen) atoms. The third kappa shape index (κ3) is 11.6. The minimum absolute atomic E-state index is 0.803. The first kappa shape index (κ1) is 25.7. The van der Waals surface area contributed by atoms with Crippen molar-refractivity contribution in [3.63, 3.8) is 0 Å². The van der Waals surface area contributed by atoms with Crippen LogP contribution in [0, 0.1) is 0 Å². The Balaban J connectivity index is 1.62. The Morgan fingerprint density at radius 1 is 0.645 bits per heavy atom. The van der Waals surface area contributed by atoms with Crippen LogP contribution in [0.15, 0.2) is 41.8 Å². The molecule has 0 aliphatic carbocycles. The molecule has 1 aromatic carbocycles. The van der Waals surface area contributed by atoms with Gasteiger partial charge in [-0.15, -0.1) is 0 Å². The lowest BCUT2D eigenvalue weighted by Crippen LogP contribution is -1.97. The molecule has 0 bridgehead atoms. The van der Waals surface area contributed by atoms with Gasteiger partial charge < -0.3 is 4.74 Å². The molecule has 0 unspecified atom stereocenters. The number of nitrogens with zero attached hydrogens (tertiary/aromatic N) is 2. The van der Waals surface area contributed by atoms with E-state index in [9.17, 15) is 0 Å². The molecule has 0 fully saturated rings. The van der Waals surface area contributed by atoms with Crippen LogP contribution < -0.4 is 4.74 Å². The highest BCUT2D eigenvalue weighted by Gasteiger charge is 2.03. The summed E-state index contributed by atoms with van der Waals surface area (Å²) in [6.07, 6.45) is 21.0. The highest BCUT2D eigenvalue weighted by molar-refractivity contribution is 7.99. The monoisotopic (exact) mass is 442 g/mol. The van der Waals surface area contributed by atoms with Crippen molar-refractivity contribution in [2.24, 2.45) is 0 Å². The Kier molecular flexibility index (Phi) is 14.1. The van der Waals surface area contributed by atoms with Crippen LogP contribution in [0.4, 0.5) is 0 Å². The second kappa shape index (κ2) is 17.1. The van der Waals surface area contributed by atoms with Crippen molar-refractivity contribution in [1.29, 1.82) is 0 Å². The third-order valence-electron chi connectivity index (χ3n) is 5.56. The molecular weight excluding hydrogens is 400 g/mol. The van der Waals surface area contributed by atoms with Gasteiger partial charge in [-0.2, -0.15) is 0 Å². The highest BCUT2D eigenvalue weighted by Crippen LogP contribution is 2.23. The predicted octanol–water partition coefficient (Wildman–Crippen LogP) is 8.73. The van der Waals surface area contributed by atoms with E-state index in [0.717, 1.165) is 40.8 Å². The quantitative estimate of drug-likeness (QED) is 0.131. The maximum absolute atomic E-state index is 5.86. The standard InChI is InChI=1S/C27H42N2OS/c1-3-5-7-9-10-11-13-15-21-31-27-28-22-25(23-29-27)24-16-18-26(19-17-24)30-20-14-12-8-6-4-2/h16-19,22-23H,3-15,20-21H2,1-2H3. The zero-order chi connectivity index (χ0) is 22.0. The van der Waals surface area contributed by atoms with E-state index in [1.54, 1.807) is 11.8 Å². The normalized spacial score (nSPS) is 11.0. The number of ether oxygens (including phenoxy) is 1. The van der Waals surface area contributed by atoms with Crippen molar-refractivity contribution in [2.45, 2.75) is 102 Å². The van der Waals surface area contributed by atoms with Gasteiger partial charge in [-0.05, 0) is 30.5 Å². The average molecular weight is 443 g/mol. The Bertz CT molecular complexity index is 673. The molecule has 0 spiro atoms. The number of rotatable bonds is 18. The predicted molar refractivity (Wildman–Crippen MR) is 135 cm³/mol. The average Bonchev–Trinajstić information content (AvgIpc) is 2.81. The molecule has 1 aromatic heterocycles. The van der Waals surface area contributed by atoms with Crippen molar-refractivity contribution in [3.8, 4) is 16.9 Å². The molecule has 0 saturated carbocycles. The number of hydrogen-bond acceptors (Lipinski definition) is 4. The molecule has 0 aliphatic heterocycles. The van der Waals surface area contributed by atoms with E-state index < -0.39 is 0 Å². The Morgan fingerprint density at radius 2 is 1.19 bits per heavy atom. The van der Waals surface area contributed by atoms with E-state index in [2.05, 4.69) is 35.9 Å². The Labute approximate surface area is 194 Å². The molecule has 172 valence electrons. The smallest absolute Gasteiger partial charge is 0.187 e. The lowest BCUT2D eigenvalue weighted by molar-refractivity contribution is 0.304. The Hall–Kier alpha value is -1.55. The first-order valence-electron chi connectivity index (χ1n) is 12.5. The summed E-state index contributed by atoms with van der Waals surface area (Å²) < 4.78 is 5.86. The van der Waals surface area contributed by atoms with Crippen LogP contribution in [0.2, 0.25) is 0 Å². The maximum atomic E-state index is 5.86. The van der Waals surface area contributed by atoms with Gasteiger partial charge in [0.15, 0.2) is 5.16 Å². The van der Waals surface area contributed by atoms with Crippen molar-refractivity contribution >= 4 is 11.8 Å². The SMILES string of the molecule is CCCCCCCCCCSc1ncc(-c2ccc(OCCCCCCC)cc2)cn1. The number of unbranched alkanes of at least 4 members (excludes halogenated alkanes) is 11. The van der Waals surface area contributed by atoms with E-state index in [-0.39, 0.29) is 0 Å². The van der Waals surface area contributed by atoms with Crippen LogP contribution >= 0.6 is 11.8 Å². The molecule has 3 nitrogen and oxygen atoms in total. The molecule has 4 heteroatoms. The van der Waals surface area contributed by atoms with E-state index in [0.29, 0.717) is 0 Å². The van der Waals surface area contributed by atoms with Crippen molar-refractivity contribution < 1.29 is 4.74 Å². The molecule has 0 atom stereocenters. The summed E-state index contributed by atoms with van der Waals surface area (Å²) in [4.78, 5) is 9.10. The zero-order valence-electron chi connectivity index (χ0n) is 19.8. The van der Waals surface area contributed by atoms with Crippen molar-refractivity contribution in [2.75, 3.05) is 12.4 Å². The van der Waals surface area contributed by atoms with Gasteiger partial charge in [-0.25, -0.2) is 9.97 Å². The zero-order valence-corrected chi connectivity index (χ0v) is 20.6. The second-order valence-electron chi connectivity index (χ2n) is 8.36. The number of hydrogen-bond donors (Lipinski definition) is 0. The van der Waals surface area contributed by atoms with Crippen LogP contribution in [-0.4, -0.2) is 22.3 Å². The molecule has 0 amide bonds. The van der Waals surface area contributed by atoms with E-state index in [1.165, 1.54) is 77.0 Å². The van der Waals surface area contributed by atoms with Crippen LogP contribution in [0.25, 0.3) is 11.1 Å². The van der Waals surface area contributed by atoms with Gasteiger partial charge in [-0.1, -0.05) is 108 Å². The van der Waals surface area contributed by atoms with E-state index >= 15 is 0 Å². The fourth-order valence-corrected chi connectivity index (χ4v) is 4.36. The van der Waals surface area contributed by atoms with Crippen LogP contribution in [0.3, 0.4) is 0 Å². The first-order chi connectivity index (χ1) is 15.3. The lowest BCUT2D eigenvalue weighted by atomic mass is 10.1. The molecule has 0 radical (unpaired) electrons. The molecule has 0 N–H and O–H groups in total. The lowest BCUT2D eigenvalue weighted by Gasteiger charge is -2.07. The molecular formula is C27H42N2OS. The second-order valence-corrected chi connectivity index (χ2v) is 9.43. The largest absolute Gasteiger partial charge is 0.494 e. The summed E-state index contributed by atoms with van der Waals surface area (Å²) in [6.45, 7) is 5.32. The molecule has 1 heterocycles. The molecule has 0 saturated heterocycles. The minimum atomic E-state index is 0.803. The summed E-state index contributed by atoms with van der Waals surface area (Å²) in [7, 11) is 0. The molecule has 2 rings (SSSR count). The van der Waals surface area contributed by atoms with Crippen LogP contribution in [0.5, 0.6) is 5.75 Å². The maximum Gasteiger partial charge on any atom is 0.187 e. The van der Waals surface area contributed by atoms with Gasteiger partial charge in [0.25, 0.3) is 0 Å². The Morgan fingerprint density at radius 3 is 1.81 bits per heavy atom. The van der Waals surface area contributed by atoms with Crippen molar-refractivity contribution in [3.05, 3.63) is 36.7 Å². The molecule has 2 aromatic rings. The highest BCUT2D eigenvalue weighted by atomic mass is 32.2. The number of benzene rings is 1. The minimum Gasteiger partial charge on any atom is -0.494 e. The van der Waals surface area contributed by atoms with Gasteiger partial charge >= 0.3 is 0 Å². The van der Waals surface area contributed by atoms with Gasteiger partial charge in [-0.3, -0.25) is 0 Å². The van der Waals surface area contributed by atoms with Crippen LogP contribution in [0.1, 0.15) is 97.3 Å². The van der Waals surface area contributed by atoms with Gasteiger partial charge in [0, 0.05) is 23.7 Å². The summed E-state index contributed by atoms with van der Waals surface area (Å²) in [6, 6.07) is 8.29. The van der Waals surface area contributed by atoms with Crippen molar-refractivity contribution in [1.82, 2.24) is 9.97 Å². The van der Waals surface area contributed by atoms with Gasteiger partial charge in [0.2, 0.25) is 0 Å². The summed E-state index contributed by atoms with van der Waals surface area (Å²) >= 11 is 1.77. The summed E-state index contributed by atoms with van der Waals surface area (Å²) in [5.41, 5.74) is 2.19. The summed E-state index contributed by atoms with van der Waals surface area (Å²) in [5.74, 6) is 2.05. The van der Waals surface area contributed by atoms with Crippen LogP contribution in [-0.2, 0) is 0 Å². The number of aromatic nitrogens is 2. The molecule has 0 aliphatic rings. The fourth-order valence-electron chi connectivity index (χ4n) is 3.58.